The van der Waals surface area contributed by atoms with Crippen molar-refractivity contribution < 1.29 is 78.9 Å². The Morgan fingerprint density at radius 2 is 1.28 bits per heavy atom. The first-order chi connectivity index (χ1) is 25.3. The lowest BCUT2D eigenvalue weighted by atomic mass is 9.99. The number of aliphatic hydroxyl groups excluding tert-OH is 7. The fourth-order valence-electron chi connectivity index (χ4n) is 5.69. The number of ether oxygens (including phenoxy) is 5. The summed E-state index contributed by atoms with van der Waals surface area (Å²) in [6.07, 6.45) is -14.1. The Balaban J connectivity index is 1.30. The van der Waals surface area contributed by atoms with Gasteiger partial charge >= 0.3 is 5.97 Å². The maximum absolute atomic E-state index is 12.8. The van der Waals surface area contributed by atoms with E-state index in [0.717, 1.165) is 12.1 Å². The second-order valence-corrected chi connectivity index (χ2v) is 12.3. The molecule has 2 saturated heterocycles. The first kappa shape index (κ1) is 37.7. The molecule has 6 rings (SSSR count). The molecule has 10 atom stereocenters. The molecule has 10 N–H and O–H groups in total. The Hall–Kier alpha value is -5.08. The number of phenols is 2. The van der Waals surface area contributed by atoms with Gasteiger partial charge in [0.25, 0.3) is 0 Å². The number of rotatable bonds is 10. The Bertz CT molecular complexity index is 1920. The van der Waals surface area contributed by atoms with Gasteiger partial charge in [-0.25, -0.2) is 0 Å². The minimum Gasteiger partial charge on any atom is -0.508 e. The van der Waals surface area contributed by atoms with Crippen LogP contribution in [0.4, 0.5) is 0 Å². The van der Waals surface area contributed by atoms with Gasteiger partial charge in [-0.05, 0) is 54.1 Å². The number of carbonyl (C=O) groups excluding carboxylic acids is 1. The van der Waals surface area contributed by atoms with E-state index in [4.69, 9.17) is 28.1 Å². The number of aromatic hydroxyl groups is 2. The van der Waals surface area contributed by atoms with E-state index in [2.05, 4.69) is 0 Å². The van der Waals surface area contributed by atoms with Crippen LogP contribution in [-0.2, 0) is 14.2 Å². The van der Waals surface area contributed by atoms with Gasteiger partial charge in [0.1, 0.15) is 65.7 Å². The lowest BCUT2D eigenvalue weighted by Gasteiger charge is -2.40. The highest BCUT2D eigenvalue weighted by Crippen LogP contribution is 2.43. The van der Waals surface area contributed by atoms with Crippen molar-refractivity contribution >= 4 is 12.0 Å². The lowest BCUT2D eigenvalue weighted by Crippen LogP contribution is -2.60. The maximum atomic E-state index is 12.8. The predicted molar refractivity (Wildman–Crippen MR) is 180 cm³/mol. The lowest BCUT2D eigenvalue weighted by molar-refractivity contribution is -0.277. The molecular formula is C36H37O17+. The second kappa shape index (κ2) is 15.9. The van der Waals surface area contributed by atoms with E-state index >= 15 is 0 Å². The molecule has 4 aliphatic rings. The number of benzene rings is 3. The van der Waals surface area contributed by atoms with Gasteiger partial charge in [0, 0.05) is 17.7 Å². The van der Waals surface area contributed by atoms with Gasteiger partial charge in [0.2, 0.25) is 19.2 Å². The summed E-state index contributed by atoms with van der Waals surface area (Å²) in [5.74, 6) is -1.18. The van der Waals surface area contributed by atoms with Crippen molar-refractivity contribution in [3.05, 3.63) is 88.6 Å². The monoisotopic (exact) mass is 741 g/mol. The van der Waals surface area contributed by atoms with Crippen molar-refractivity contribution in [1.29, 1.82) is 0 Å². The molecule has 1 aliphatic carbocycles. The molecule has 2 aromatic carbocycles. The van der Waals surface area contributed by atoms with Crippen LogP contribution < -0.4 is 14.9 Å². The summed E-state index contributed by atoms with van der Waals surface area (Å²) in [4.78, 5) is 23.0. The van der Waals surface area contributed by atoms with Crippen molar-refractivity contribution in [3.8, 4) is 45.6 Å². The quantitative estimate of drug-likeness (QED) is 0.0559. The van der Waals surface area contributed by atoms with E-state index in [1.807, 2.05) is 0 Å². The van der Waals surface area contributed by atoms with Crippen molar-refractivity contribution in [2.75, 3.05) is 13.2 Å². The molecule has 0 spiro atoms. The SMILES string of the molecule is O=c1cc2oc(-c3ccc(O)cc3)c(O[C@@H]3OC(COC(=[OH+])C=Cc4ccc(O)cc4)[C@@H](O)C(O)C3O)cc-2c(O[C@@H]2OC(CO)[C@@H](O)[C@H](O)C2O)c1. The summed E-state index contributed by atoms with van der Waals surface area (Å²) in [6.45, 7) is -1.26. The van der Waals surface area contributed by atoms with E-state index in [1.54, 1.807) is 12.1 Å². The summed E-state index contributed by atoms with van der Waals surface area (Å²) in [7, 11) is 0. The van der Waals surface area contributed by atoms with Crippen LogP contribution in [0.3, 0.4) is 0 Å². The molecule has 53 heavy (non-hydrogen) atoms. The number of fused-ring (bicyclic) bond motifs is 1. The third kappa shape index (κ3) is 8.28. The Morgan fingerprint density at radius 1 is 0.717 bits per heavy atom. The third-order valence-electron chi connectivity index (χ3n) is 8.63. The normalized spacial score (nSPS) is 28.9. The molecule has 17 nitrogen and oxygen atoms in total. The second-order valence-electron chi connectivity index (χ2n) is 12.3. The molecule has 17 heteroatoms. The Morgan fingerprint density at radius 3 is 1.91 bits per heavy atom. The van der Waals surface area contributed by atoms with Gasteiger partial charge in [0.15, 0.2) is 23.0 Å². The van der Waals surface area contributed by atoms with E-state index in [1.165, 1.54) is 54.6 Å². The van der Waals surface area contributed by atoms with Crippen molar-refractivity contribution in [1.82, 2.24) is 0 Å². The Labute approximate surface area is 299 Å². The van der Waals surface area contributed by atoms with Gasteiger partial charge in [-0.15, -0.1) is 0 Å². The highest BCUT2D eigenvalue weighted by atomic mass is 16.7. The molecule has 0 bridgehead atoms. The van der Waals surface area contributed by atoms with Gasteiger partial charge < -0.3 is 78.9 Å². The molecule has 5 unspecified atom stereocenters. The third-order valence-corrected chi connectivity index (χ3v) is 8.63. The average Bonchev–Trinajstić information content (AvgIpc) is 3.14. The van der Waals surface area contributed by atoms with Crippen LogP contribution in [0.1, 0.15) is 5.56 Å². The summed E-state index contributed by atoms with van der Waals surface area (Å²) in [5, 5.41) is 92.2. The Kier molecular flexibility index (Phi) is 11.3. The number of aliphatic hydroxyl groups is 7. The molecule has 2 aromatic rings. The fourth-order valence-corrected chi connectivity index (χ4v) is 5.69. The van der Waals surface area contributed by atoms with Crippen molar-refractivity contribution in [2.24, 2.45) is 0 Å². The first-order valence-corrected chi connectivity index (χ1v) is 16.2. The zero-order chi connectivity index (χ0) is 38.0. The number of hydrogen-bond donors (Lipinski definition) is 9. The van der Waals surface area contributed by atoms with Crippen molar-refractivity contribution in [3.63, 3.8) is 0 Å². The van der Waals surface area contributed by atoms with E-state index in [0.29, 0.717) is 11.1 Å². The maximum Gasteiger partial charge on any atom is 0.510 e. The molecule has 2 fully saturated rings. The van der Waals surface area contributed by atoms with Gasteiger partial charge in [-0.1, -0.05) is 12.1 Å². The van der Waals surface area contributed by atoms with Crippen LogP contribution in [0.15, 0.2) is 82.0 Å². The smallest absolute Gasteiger partial charge is 0.508 e. The fraction of sp³-hybridized carbons (Fsp3) is 0.333. The van der Waals surface area contributed by atoms with Crippen LogP contribution in [-0.4, -0.2) is 131 Å². The highest BCUT2D eigenvalue weighted by Gasteiger charge is 2.48. The molecule has 0 saturated carbocycles. The summed E-state index contributed by atoms with van der Waals surface area (Å²) >= 11 is 0. The number of phenolic OH excluding ortho intramolecular Hbond substituents is 2. The summed E-state index contributed by atoms with van der Waals surface area (Å²) < 4.78 is 34.5. The molecule has 3 aliphatic heterocycles. The first-order valence-electron chi connectivity index (χ1n) is 16.2. The van der Waals surface area contributed by atoms with Crippen molar-refractivity contribution in [2.45, 2.75) is 61.4 Å². The predicted octanol–water partition coefficient (Wildman–Crippen LogP) is -0.580. The molecular weight excluding hydrogens is 704 g/mol. The van der Waals surface area contributed by atoms with Crippen LogP contribution in [0.2, 0.25) is 0 Å². The summed E-state index contributed by atoms with van der Waals surface area (Å²) in [5.41, 5.74) is 0.343. The minimum absolute atomic E-state index is 0.0322. The molecule has 3 heterocycles. The van der Waals surface area contributed by atoms with Gasteiger partial charge in [0.05, 0.1) is 18.2 Å². The number of hydrogen-bond acceptors (Lipinski definition) is 16. The van der Waals surface area contributed by atoms with Gasteiger partial charge in [-0.2, -0.15) is 0 Å². The van der Waals surface area contributed by atoms with E-state index in [9.17, 15) is 55.5 Å². The average molecular weight is 742 g/mol. The zero-order valence-electron chi connectivity index (χ0n) is 27.5. The molecule has 282 valence electrons. The molecule has 0 radical (unpaired) electrons. The van der Waals surface area contributed by atoms with Crippen LogP contribution >= 0.6 is 0 Å². The molecule has 0 aromatic heterocycles. The largest absolute Gasteiger partial charge is 0.510 e. The van der Waals surface area contributed by atoms with E-state index in [-0.39, 0.29) is 40.1 Å². The topological polar surface area (TPSA) is 280 Å². The minimum atomic E-state index is -1.86. The zero-order valence-corrected chi connectivity index (χ0v) is 27.5. The van der Waals surface area contributed by atoms with E-state index < -0.39 is 86.0 Å². The van der Waals surface area contributed by atoms with Crippen LogP contribution in [0, 0.1) is 0 Å². The van der Waals surface area contributed by atoms with Crippen LogP contribution in [0.5, 0.6) is 23.0 Å². The van der Waals surface area contributed by atoms with Crippen LogP contribution in [0.25, 0.3) is 28.7 Å². The standard InChI is InChI=1S/C36H36O17/c37-14-25-28(42)30(44)32(46)35(52-25)50-23-12-20(40)11-22-21(23)13-24(34(49-22)17-4-8-19(39)9-5-17)51-36-33(47)31(45)29(43)26(53-36)15-48-27(41)10-3-16-1-6-18(38)7-2-16/h1-13,25-26,28-33,35-39,42-47H,14-15H2/p+1/t25?,26?,28-,29-,30+,31?,32?,33?,35-,36-/m1/s1. The highest BCUT2D eigenvalue weighted by molar-refractivity contribution is 5.88. The van der Waals surface area contributed by atoms with Gasteiger partial charge in [-0.3, -0.25) is 4.79 Å². The molecule has 0 amide bonds. The number of esters is 1. The summed E-state index contributed by atoms with van der Waals surface area (Å²) in [6, 6.07) is 15.1.